The fourth-order valence-electron chi connectivity index (χ4n) is 2.56. The van der Waals surface area contributed by atoms with Crippen molar-refractivity contribution in [1.82, 2.24) is 10.2 Å². The van der Waals surface area contributed by atoms with Crippen LogP contribution in [0.25, 0.3) is 0 Å². The smallest absolute Gasteiger partial charge is 0.255 e. The van der Waals surface area contributed by atoms with E-state index in [1.807, 2.05) is 38.4 Å². The standard InChI is InChI=1S/C19H23ClN2O3/c1-22(2)17(13-5-8-15(24-3)9-6-13)12-21-19(23)16-10-7-14(20)11-18(16)25-4/h5-11,17H,12H2,1-4H3,(H,21,23). The van der Waals surface area contributed by atoms with Crippen LogP contribution in [0.4, 0.5) is 0 Å². The Labute approximate surface area is 153 Å². The first-order chi connectivity index (χ1) is 12.0. The van der Waals surface area contributed by atoms with Crippen molar-refractivity contribution in [2.75, 3.05) is 34.9 Å². The van der Waals surface area contributed by atoms with Crippen LogP contribution in [0, 0.1) is 0 Å². The number of likely N-dealkylation sites (N-methyl/N-ethyl adjacent to an activating group) is 1. The lowest BCUT2D eigenvalue weighted by Gasteiger charge is -2.25. The molecule has 0 spiro atoms. The molecule has 0 heterocycles. The van der Waals surface area contributed by atoms with Gasteiger partial charge in [-0.3, -0.25) is 4.79 Å². The van der Waals surface area contributed by atoms with Gasteiger partial charge in [0.25, 0.3) is 5.91 Å². The van der Waals surface area contributed by atoms with Crippen molar-refractivity contribution < 1.29 is 14.3 Å². The number of carbonyl (C=O) groups excluding carboxylic acids is 1. The summed E-state index contributed by atoms with van der Waals surface area (Å²) >= 11 is 5.95. The predicted molar refractivity (Wildman–Crippen MR) is 99.8 cm³/mol. The van der Waals surface area contributed by atoms with Gasteiger partial charge in [-0.1, -0.05) is 23.7 Å². The Kier molecular flexibility index (Phi) is 6.67. The molecule has 1 atom stereocenters. The van der Waals surface area contributed by atoms with Gasteiger partial charge in [-0.15, -0.1) is 0 Å². The highest BCUT2D eigenvalue weighted by Gasteiger charge is 2.18. The Bertz CT molecular complexity index is 717. The molecule has 25 heavy (non-hydrogen) atoms. The highest BCUT2D eigenvalue weighted by atomic mass is 35.5. The average Bonchev–Trinajstić information content (AvgIpc) is 2.61. The maximum Gasteiger partial charge on any atom is 0.255 e. The van der Waals surface area contributed by atoms with Gasteiger partial charge in [0, 0.05) is 11.6 Å². The van der Waals surface area contributed by atoms with E-state index in [0.717, 1.165) is 11.3 Å². The summed E-state index contributed by atoms with van der Waals surface area (Å²) in [7, 11) is 7.11. The Balaban J connectivity index is 2.11. The third-order valence-electron chi connectivity index (χ3n) is 3.99. The normalized spacial score (nSPS) is 11.9. The first-order valence-corrected chi connectivity index (χ1v) is 8.26. The van der Waals surface area contributed by atoms with Crippen LogP contribution >= 0.6 is 11.6 Å². The second-order valence-corrected chi connectivity index (χ2v) is 6.24. The number of benzene rings is 2. The lowest BCUT2D eigenvalue weighted by atomic mass is 10.1. The quantitative estimate of drug-likeness (QED) is 0.820. The maximum absolute atomic E-state index is 12.5. The summed E-state index contributed by atoms with van der Waals surface area (Å²) in [5.41, 5.74) is 1.55. The summed E-state index contributed by atoms with van der Waals surface area (Å²) < 4.78 is 10.4. The number of methoxy groups -OCH3 is 2. The molecule has 1 unspecified atom stereocenters. The van der Waals surface area contributed by atoms with Crippen LogP contribution in [0.15, 0.2) is 42.5 Å². The number of rotatable bonds is 7. The highest BCUT2D eigenvalue weighted by molar-refractivity contribution is 6.30. The number of halogens is 1. The number of ether oxygens (including phenoxy) is 2. The van der Waals surface area contributed by atoms with E-state index in [0.29, 0.717) is 22.9 Å². The Hall–Kier alpha value is -2.24. The van der Waals surface area contributed by atoms with Crippen molar-refractivity contribution in [3.63, 3.8) is 0 Å². The SMILES string of the molecule is COc1ccc(C(CNC(=O)c2ccc(Cl)cc2OC)N(C)C)cc1. The zero-order valence-corrected chi connectivity index (χ0v) is 15.6. The van der Waals surface area contributed by atoms with Crippen LogP contribution in [0.3, 0.4) is 0 Å². The molecule has 2 aromatic rings. The molecule has 0 saturated carbocycles. The van der Waals surface area contributed by atoms with E-state index >= 15 is 0 Å². The Morgan fingerprint density at radius 1 is 1.12 bits per heavy atom. The summed E-state index contributed by atoms with van der Waals surface area (Å²) in [4.78, 5) is 14.6. The van der Waals surface area contributed by atoms with Crippen molar-refractivity contribution in [1.29, 1.82) is 0 Å². The zero-order chi connectivity index (χ0) is 18.4. The minimum atomic E-state index is -0.200. The first kappa shape index (κ1) is 19.1. The maximum atomic E-state index is 12.5. The van der Waals surface area contributed by atoms with Gasteiger partial charge in [-0.25, -0.2) is 0 Å². The van der Waals surface area contributed by atoms with Crippen molar-refractivity contribution in [2.24, 2.45) is 0 Å². The zero-order valence-electron chi connectivity index (χ0n) is 14.9. The lowest BCUT2D eigenvalue weighted by Crippen LogP contribution is -2.34. The van der Waals surface area contributed by atoms with Gasteiger partial charge < -0.3 is 19.7 Å². The van der Waals surface area contributed by atoms with E-state index in [4.69, 9.17) is 21.1 Å². The highest BCUT2D eigenvalue weighted by Crippen LogP contribution is 2.24. The van der Waals surface area contributed by atoms with Crippen LogP contribution < -0.4 is 14.8 Å². The van der Waals surface area contributed by atoms with Crippen LogP contribution in [-0.4, -0.2) is 45.7 Å². The number of amides is 1. The summed E-state index contributed by atoms with van der Waals surface area (Å²) in [6, 6.07) is 12.8. The number of carbonyl (C=O) groups is 1. The topological polar surface area (TPSA) is 50.8 Å². The van der Waals surface area contributed by atoms with Gasteiger partial charge in [-0.2, -0.15) is 0 Å². The molecule has 0 aromatic heterocycles. The molecule has 2 aromatic carbocycles. The molecule has 0 radical (unpaired) electrons. The molecule has 0 saturated heterocycles. The lowest BCUT2D eigenvalue weighted by molar-refractivity contribution is 0.0939. The van der Waals surface area contributed by atoms with Crippen LogP contribution in [0.5, 0.6) is 11.5 Å². The summed E-state index contributed by atoms with van der Waals surface area (Å²) in [6.07, 6.45) is 0. The second kappa shape index (κ2) is 8.74. The molecule has 0 aliphatic carbocycles. The van der Waals surface area contributed by atoms with Gasteiger partial charge in [0.1, 0.15) is 11.5 Å². The fraction of sp³-hybridized carbons (Fsp3) is 0.316. The van der Waals surface area contributed by atoms with Crippen LogP contribution in [0.1, 0.15) is 22.0 Å². The molecule has 5 nitrogen and oxygen atoms in total. The van der Waals surface area contributed by atoms with E-state index < -0.39 is 0 Å². The predicted octanol–water partition coefficient (Wildman–Crippen LogP) is 3.39. The van der Waals surface area contributed by atoms with E-state index in [2.05, 4.69) is 10.2 Å². The summed E-state index contributed by atoms with van der Waals surface area (Å²) in [5.74, 6) is 1.06. The first-order valence-electron chi connectivity index (χ1n) is 7.88. The number of hydrogen-bond acceptors (Lipinski definition) is 4. The molecular formula is C19H23ClN2O3. The van der Waals surface area contributed by atoms with E-state index in [1.54, 1.807) is 25.3 Å². The van der Waals surface area contributed by atoms with Gasteiger partial charge in [0.05, 0.1) is 25.8 Å². The molecule has 0 aliphatic heterocycles. The molecule has 0 fully saturated rings. The Morgan fingerprint density at radius 3 is 2.36 bits per heavy atom. The van der Waals surface area contributed by atoms with E-state index in [1.165, 1.54) is 7.11 Å². The van der Waals surface area contributed by atoms with Gasteiger partial charge >= 0.3 is 0 Å². The Morgan fingerprint density at radius 2 is 1.80 bits per heavy atom. The molecule has 1 N–H and O–H groups in total. The molecule has 2 rings (SSSR count). The molecule has 1 amide bonds. The van der Waals surface area contributed by atoms with Crippen LogP contribution in [0.2, 0.25) is 5.02 Å². The van der Waals surface area contributed by atoms with Gasteiger partial charge in [-0.05, 0) is 50.0 Å². The molecule has 0 aliphatic rings. The van der Waals surface area contributed by atoms with Crippen molar-refractivity contribution in [3.05, 3.63) is 58.6 Å². The average molecular weight is 363 g/mol. The van der Waals surface area contributed by atoms with Crippen molar-refractivity contribution >= 4 is 17.5 Å². The largest absolute Gasteiger partial charge is 0.497 e. The van der Waals surface area contributed by atoms with Gasteiger partial charge in [0.2, 0.25) is 0 Å². The number of nitrogens with one attached hydrogen (secondary N) is 1. The number of nitrogens with zero attached hydrogens (tertiary/aromatic N) is 1. The molecular weight excluding hydrogens is 340 g/mol. The molecule has 134 valence electrons. The monoisotopic (exact) mass is 362 g/mol. The summed E-state index contributed by atoms with van der Waals surface area (Å²) in [5, 5.41) is 3.49. The van der Waals surface area contributed by atoms with E-state index in [9.17, 15) is 4.79 Å². The fourth-order valence-corrected chi connectivity index (χ4v) is 2.72. The summed E-state index contributed by atoms with van der Waals surface area (Å²) in [6.45, 7) is 0.462. The molecule has 0 bridgehead atoms. The third kappa shape index (κ3) is 4.87. The van der Waals surface area contributed by atoms with Crippen molar-refractivity contribution in [3.8, 4) is 11.5 Å². The molecule has 6 heteroatoms. The second-order valence-electron chi connectivity index (χ2n) is 5.81. The number of hydrogen-bond donors (Lipinski definition) is 1. The van der Waals surface area contributed by atoms with Gasteiger partial charge in [0.15, 0.2) is 0 Å². The third-order valence-corrected chi connectivity index (χ3v) is 4.22. The van der Waals surface area contributed by atoms with Crippen LogP contribution in [-0.2, 0) is 0 Å². The minimum absolute atomic E-state index is 0.0353. The van der Waals surface area contributed by atoms with Crippen molar-refractivity contribution in [2.45, 2.75) is 6.04 Å². The minimum Gasteiger partial charge on any atom is -0.497 e. The van der Waals surface area contributed by atoms with E-state index in [-0.39, 0.29) is 11.9 Å².